The van der Waals surface area contributed by atoms with Crippen molar-refractivity contribution in [3.63, 3.8) is 0 Å². The van der Waals surface area contributed by atoms with Crippen molar-refractivity contribution in [3.8, 4) is 0 Å². The highest BCUT2D eigenvalue weighted by molar-refractivity contribution is 5.67. The van der Waals surface area contributed by atoms with E-state index in [9.17, 15) is 4.79 Å². The van der Waals surface area contributed by atoms with Crippen LogP contribution in [0.4, 0.5) is 4.79 Å². The Bertz CT molecular complexity index is 236. The fourth-order valence-corrected chi connectivity index (χ4v) is 1.81. The number of unbranched alkanes of at least 4 members (excludes halogenated alkanes) is 3. The highest BCUT2D eigenvalue weighted by atomic mass is 16.6. The number of hydrogen-bond acceptors (Lipinski definition) is 3. The van der Waals surface area contributed by atoms with E-state index in [0.29, 0.717) is 0 Å². The quantitative estimate of drug-likeness (QED) is 0.326. The second-order valence-electron chi connectivity index (χ2n) is 5.80. The topological polar surface area (TPSA) is 55.6 Å². The van der Waals surface area contributed by atoms with Gasteiger partial charge in [-0.15, -0.1) is 0 Å². The van der Waals surface area contributed by atoms with Crippen LogP contribution in [0.3, 0.4) is 0 Å². The third-order valence-corrected chi connectivity index (χ3v) is 2.86. The van der Waals surface area contributed by atoms with Crippen molar-refractivity contribution in [2.75, 3.05) is 0 Å². The number of amides is 1. The van der Waals surface area contributed by atoms with Crippen molar-refractivity contribution < 1.29 is 9.53 Å². The Kier molecular flexibility index (Phi) is 8.00. The molecule has 0 aliphatic heterocycles. The predicted octanol–water partition coefficient (Wildman–Crippen LogP) is 3.85. The van der Waals surface area contributed by atoms with Crippen LogP contribution in [0.1, 0.15) is 73.1 Å². The van der Waals surface area contributed by atoms with Crippen LogP contribution in [0.15, 0.2) is 0 Å². The predicted molar refractivity (Wildman–Crippen MR) is 75.1 cm³/mol. The largest absolute Gasteiger partial charge is 0.443 e. The molecule has 0 aromatic rings. The van der Waals surface area contributed by atoms with Crippen molar-refractivity contribution in [2.24, 2.45) is 5.84 Å². The van der Waals surface area contributed by atoms with Crippen LogP contribution in [-0.4, -0.2) is 22.7 Å². The van der Waals surface area contributed by atoms with E-state index in [2.05, 4.69) is 13.8 Å². The Morgan fingerprint density at radius 3 is 2.28 bits per heavy atom. The van der Waals surface area contributed by atoms with Crippen molar-refractivity contribution in [3.05, 3.63) is 0 Å². The molecule has 0 aliphatic rings. The number of hydrazine groups is 1. The standard InChI is InChI=1S/C14H30N2O2/c1-6-8-9-10-11-12(7-2)16(15)13(17)18-14(3,4)5/h12H,6-11,15H2,1-5H3. The van der Waals surface area contributed by atoms with Gasteiger partial charge >= 0.3 is 6.09 Å². The summed E-state index contributed by atoms with van der Waals surface area (Å²) in [4.78, 5) is 11.8. The molecule has 0 aromatic carbocycles. The third kappa shape index (κ3) is 7.54. The van der Waals surface area contributed by atoms with E-state index >= 15 is 0 Å². The van der Waals surface area contributed by atoms with Crippen molar-refractivity contribution >= 4 is 6.09 Å². The van der Waals surface area contributed by atoms with Gasteiger partial charge in [-0.25, -0.2) is 15.6 Å². The van der Waals surface area contributed by atoms with Gasteiger partial charge in [-0.05, 0) is 33.6 Å². The van der Waals surface area contributed by atoms with E-state index in [1.165, 1.54) is 24.3 Å². The number of carbonyl (C=O) groups is 1. The van der Waals surface area contributed by atoms with Gasteiger partial charge in [0.05, 0.1) is 6.04 Å². The first-order valence-corrected chi connectivity index (χ1v) is 7.08. The Hall–Kier alpha value is -0.770. The molecule has 0 fully saturated rings. The molecule has 0 bridgehead atoms. The maximum Gasteiger partial charge on any atom is 0.424 e. The van der Waals surface area contributed by atoms with E-state index < -0.39 is 11.7 Å². The minimum Gasteiger partial charge on any atom is -0.443 e. The van der Waals surface area contributed by atoms with Crippen LogP contribution in [0.2, 0.25) is 0 Å². The Morgan fingerprint density at radius 1 is 1.22 bits per heavy atom. The van der Waals surface area contributed by atoms with Gasteiger partial charge in [0.2, 0.25) is 0 Å². The maximum atomic E-state index is 11.8. The fraction of sp³-hybridized carbons (Fsp3) is 0.929. The monoisotopic (exact) mass is 258 g/mol. The Labute approximate surface area is 112 Å². The van der Waals surface area contributed by atoms with Crippen LogP contribution in [0.25, 0.3) is 0 Å². The average molecular weight is 258 g/mol. The van der Waals surface area contributed by atoms with Gasteiger partial charge < -0.3 is 4.74 Å². The maximum absolute atomic E-state index is 11.8. The lowest BCUT2D eigenvalue weighted by molar-refractivity contribution is 0.0141. The molecule has 18 heavy (non-hydrogen) atoms. The summed E-state index contributed by atoms with van der Waals surface area (Å²) in [6.45, 7) is 9.78. The van der Waals surface area contributed by atoms with E-state index in [-0.39, 0.29) is 6.04 Å². The molecule has 1 amide bonds. The number of nitrogens with zero attached hydrogens (tertiary/aromatic N) is 1. The summed E-state index contributed by atoms with van der Waals surface area (Å²) in [5, 5.41) is 1.26. The number of hydrogen-bond donors (Lipinski definition) is 1. The summed E-state index contributed by atoms with van der Waals surface area (Å²) in [7, 11) is 0. The van der Waals surface area contributed by atoms with Gasteiger partial charge in [0.1, 0.15) is 5.60 Å². The molecule has 0 saturated heterocycles. The second kappa shape index (κ2) is 8.35. The van der Waals surface area contributed by atoms with Gasteiger partial charge in [-0.1, -0.05) is 39.5 Å². The van der Waals surface area contributed by atoms with E-state index in [1.807, 2.05) is 20.8 Å². The summed E-state index contributed by atoms with van der Waals surface area (Å²) in [5.74, 6) is 5.85. The molecule has 4 heteroatoms. The summed E-state index contributed by atoms with van der Waals surface area (Å²) in [6.07, 6.45) is 6.17. The normalized spacial score (nSPS) is 13.2. The number of carbonyl (C=O) groups excluding carboxylic acids is 1. The summed E-state index contributed by atoms with van der Waals surface area (Å²) in [5.41, 5.74) is -0.491. The molecular formula is C14H30N2O2. The summed E-state index contributed by atoms with van der Waals surface area (Å²) in [6, 6.07) is 0.0803. The van der Waals surface area contributed by atoms with Crippen LogP contribution < -0.4 is 5.84 Å². The van der Waals surface area contributed by atoms with Crippen molar-refractivity contribution in [1.82, 2.24) is 5.01 Å². The zero-order chi connectivity index (χ0) is 14.2. The van der Waals surface area contributed by atoms with E-state index in [1.54, 1.807) is 0 Å². The number of ether oxygens (including phenoxy) is 1. The average Bonchev–Trinajstić information content (AvgIpc) is 2.26. The fourth-order valence-electron chi connectivity index (χ4n) is 1.81. The van der Waals surface area contributed by atoms with Gasteiger partial charge in [0, 0.05) is 0 Å². The van der Waals surface area contributed by atoms with Crippen LogP contribution >= 0.6 is 0 Å². The molecule has 0 aliphatic carbocycles. The SMILES string of the molecule is CCCCCCC(CC)N(N)C(=O)OC(C)(C)C. The summed E-state index contributed by atoms with van der Waals surface area (Å²) >= 11 is 0. The molecule has 0 saturated carbocycles. The first kappa shape index (κ1) is 17.2. The molecule has 0 radical (unpaired) electrons. The van der Waals surface area contributed by atoms with E-state index in [0.717, 1.165) is 19.3 Å². The molecule has 1 atom stereocenters. The van der Waals surface area contributed by atoms with Crippen LogP contribution in [0, 0.1) is 0 Å². The van der Waals surface area contributed by atoms with Gasteiger partial charge in [-0.3, -0.25) is 0 Å². The molecule has 0 heterocycles. The highest BCUT2D eigenvalue weighted by Crippen LogP contribution is 2.15. The van der Waals surface area contributed by atoms with Crippen molar-refractivity contribution in [1.29, 1.82) is 0 Å². The molecule has 108 valence electrons. The highest BCUT2D eigenvalue weighted by Gasteiger charge is 2.24. The first-order valence-electron chi connectivity index (χ1n) is 7.08. The van der Waals surface area contributed by atoms with Crippen LogP contribution in [-0.2, 0) is 4.74 Å². The second-order valence-corrected chi connectivity index (χ2v) is 5.80. The Balaban J connectivity index is 4.16. The number of rotatable bonds is 7. The summed E-state index contributed by atoms with van der Waals surface area (Å²) < 4.78 is 5.27. The lowest BCUT2D eigenvalue weighted by atomic mass is 10.1. The lowest BCUT2D eigenvalue weighted by Gasteiger charge is -2.29. The minimum absolute atomic E-state index is 0.0803. The first-order chi connectivity index (χ1) is 8.31. The van der Waals surface area contributed by atoms with Crippen LogP contribution in [0.5, 0.6) is 0 Å². The zero-order valence-corrected chi connectivity index (χ0v) is 12.7. The number of nitrogens with two attached hydrogens (primary N) is 1. The van der Waals surface area contributed by atoms with Gasteiger partial charge in [-0.2, -0.15) is 0 Å². The lowest BCUT2D eigenvalue weighted by Crippen LogP contribution is -2.47. The zero-order valence-electron chi connectivity index (χ0n) is 12.7. The minimum atomic E-state index is -0.491. The molecular weight excluding hydrogens is 228 g/mol. The molecule has 0 aromatic heterocycles. The van der Waals surface area contributed by atoms with Crippen molar-refractivity contribution in [2.45, 2.75) is 84.8 Å². The third-order valence-electron chi connectivity index (χ3n) is 2.86. The molecule has 0 spiro atoms. The van der Waals surface area contributed by atoms with E-state index in [4.69, 9.17) is 10.6 Å². The molecule has 2 N–H and O–H groups in total. The van der Waals surface area contributed by atoms with Gasteiger partial charge in [0.15, 0.2) is 0 Å². The smallest absolute Gasteiger partial charge is 0.424 e. The molecule has 0 rings (SSSR count). The van der Waals surface area contributed by atoms with Gasteiger partial charge in [0.25, 0.3) is 0 Å². The Morgan fingerprint density at radius 2 is 1.83 bits per heavy atom. The molecule has 4 nitrogen and oxygen atoms in total. The molecule has 1 unspecified atom stereocenters.